The van der Waals surface area contributed by atoms with Crippen LogP contribution in [0, 0.1) is 0 Å². The molecule has 19 heavy (non-hydrogen) atoms. The van der Waals surface area contributed by atoms with Crippen LogP contribution < -0.4 is 5.32 Å². The normalized spacial score (nSPS) is 24.3. The highest BCUT2D eigenvalue weighted by Crippen LogP contribution is 2.35. The third-order valence-electron chi connectivity index (χ3n) is 3.24. The zero-order valence-corrected chi connectivity index (χ0v) is 12.8. The fourth-order valence-corrected chi connectivity index (χ4v) is 3.63. The second-order valence-corrected chi connectivity index (χ2v) is 7.00. The fourth-order valence-electron chi connectivity index (χ4n) is 2.12. The van der Waals surface area contributed by atoms with Gasteiger partial charge in [-0.2, -0.15) is 24.9 Å². The lowest BCUT2D eigenvalue weighted by Crippen LogP contribution is -2.33. The molecule has 2 unspecified atom stereocenters. The largest absolute Gasteiger partial charge is 0.416 e. The minimum absolute atomic E-state index is 0.221. The van der Waals surface area contributed by atoms with Gasteiger partial charge < -0.3 is 5.32 Å². The molecule has 1 heterocycles. The van der Waals surface area contributed by atoms with Gasteiger partial charge in [-0.05, 0) is 52.7 Å². The van der Waals surface area contributed by atoms with Gasteiger partial charge in [-0.3, -0.25) is 0 Å². The maximum Gasteiger partial charge on any atom is 0.416 e. The van der Waals surface area contributed by atoms with E-state index in [0.29, 0.717) is 15.4 Å². The summed E-state index contributed by atoms with van der Waals surface area (Å²) < 4.78 is 38.8. The Morgan fingerprint density at radius 2 is 2.11 bits per heavy atom. The van der Waals surface area contributed by atoms with E-state index in [1.54, 1.807) is 0 Å². The Morgan fingerprint density at radius 3 is 2.74 bits per heavy atom. The molecule has 2 atom stereocenters. The Kier molecular flexibility index (Phi) is 4.71. The summed E-state index contributed by atoms with van der Waals surface area (Å²) in [6.07, 6.45) is -2.20. The lowest BCUT2D eigenvalue weighted by atomic mass is 10.1. The van der Waals surface area contributed by atoms with Gasteiger partial charge in [-0.1, -0.05) is 6.92 Å². The SMILES string of the molecule is CC1SCCCC1Nc1cc(C(F)(F)F)ccc1Br. The van der Waals surface area contributed by atoms with Crippen molar-refractivity contribution in [2.75, 3.05) is 11.1 Å². The summed E-state index contributed by atoms with van der Waals surface area (Å²) in [5.74, 6) is 1.13. The predicted octanol–water partition coefficient (Wildman–Crippen LogP) is 5.16. The van der Waals surface area contributed by atoms with Crippen molar-refractivity contribution < 1.29 is 13.2 Å². The number of hydrogen-bond donors (Lipinski definition) is 1. The summed E-state index contributed by atoms with van der Waals surface area (Å²) in [5.41, 5.74) is -0.0940. The van der Waals surface area contributed by atoms with Crippen molar-refractivity contribution in [1.29, 1.82) is 0 Å². The molecule has 1 nitrogen and oxygen atoms in total. The molecule has 2 rings (SSSR count). The molecule has 0 radical (unpaired) electrons. The number of rotatable bonds is 2. The first-order valence-electron chi connectivity index (χ1n) is 6.13. The highest BCUT2D eigenvalue weighted by molar-refractivity contribution is 9.10. The number of halogens is 4. The van der Waals surface area contributed by atoms with Crippen LogP contribution in [0.2, 0.25) is 0 Å². The molecule has 1 aromatic carbocycles. The van der Waals surface area contributed by atoms with Crippen LogP contribution in [0.1, 0.15) is 25.3 Å². The molecule has 1 fully saturated rings. The van der Waals surface area contributed by atoms with E-state index in [0.717, 1.165) is 24.7 Å². The molecule has 0 spiro atoms. The average molecular weight is 354 g/mol. The van der Waals surface area contributed by atoms with E-state index >= 15 is 0 Å². The van der Waals surface area contributed by atoms with Gasteiger partial charge in [0.25, 0.3) is 0 Å². The topological polar surface area (TPSA) is 12.0 Å². The summed E-state index contributed by atoms with van der Waals surface area (Å²) in [6.45, 7) is 2.11. The average Bonchev–Trinajstić information content (AvgIpc) is 2.33. The van der Waals surface area contributed by atoms with Crippen LogP contribution >= 0.6 is 27.7 Å². The smallest absolute Gasteiger partial charge is 0.380 e. The fraction of sp³-hybridized carbons (Fsp3) is 0.538. The number of thioether (sulfide) groups is 1. The third-order valence-corrected chi connectivity index (χ3v) is 5.31. The Morgan fingerprint density at radius 1 is 1.37 bits per heavy atom. The molecule has 0 saturated carbocycles. The standard InChI is InChI=1S/C13H15BrF3NS/c1-8-11(3-2-6-19-8)18-12-7-9(13(15,16)17)4-5-10(12)14/h4-5,7-8,11,18H,2-3,6H2,1H3. The van der Waals surface area contributed by atoms with E-state index in [1.807, 2.05) is 11.8 Å². The van der Waals surface area contributed by atoms with Crippen molar-refractivity contribution in [2.24, 2.45) is 0 Å². The number of alkyl halides is 3. The zero-order chi connectivity index (χ0) is 14.0. The monoisotopic (exact) mass is 353 g/mol. The Labute approximate surface area is 123 Å². The van der Waals surface area contributed by atoms with Crippen molar-refractivity contribution in [3.63, 3.8) is 0 Å². The van der Waals surface area contributed by atoms with Crippen LogP contribution in [0.5, 0.6) is 0 Å². The van der Waals surface area contributed by atoms with Crippen molar-refractivity contribution in [1.82, 2.24) is 0 Å². The maximum absolute atomic E-state index is 12.7. The molecule has 0 amide bonds. The quantitative estimate of drug-likeness (QED) is 0.787. The van der Waals surface area contributed by atoms with E-state index in [9.17, 15) is 13.2 Å². The number of hydrogen-bond acceptors (Lipinski definition) is 2. The van der Waals surface area contributed by atoms with Gasteiger partial charge in [0.15, 0.2) is 0 Å². The van der Waals surface area contributed by atoms with Crippen LogP contribution in [0.25, 0.3) is 0 Å². The Balaban J connectivity index is 2.19. The predicted molar refractivity (Wildman–Crippen MR) is 77.7 cm³/mol. The Hall–Kier alpha value is -0.360. The van der Waals surface area contributed by atoms with Gasteiger partial charge in [-0.15, -0.1) is 0 Å². The molecule has 106 valence electrons. The molecular weight excluding hydrogens is 339 g/mol. The van der Waals surface area contributed by atoms with Crippen molar-refractivity contribution >= 4 is 33.4 Å². The summed E-state index contributed by atoms with van der Waals surface area (Å²) in [5, 5.41) is 3.66. The van der Waals surface area contributed by atoms with Crippen LogP contribution in [-0.2, 0) is 6.18 Å². The lowest BCUT2D eigenvalue weighted by Gasteiger charge is -2.30. The first-order valence-corrected chi connectivity index (χ1v) is 7.97. The molecule has 1 saturated heterocycles. The number of nitrogens with one attached hydrogen (secondary N) is 1. The second-order valence-electron chi connectivity index (χ2n) is 4.66. The Bertz CT molecular complexity index is 450. The summed E-state index contributed by atoms with van der Waals surface area (Å²) in [6, 6.07) is 3.94. The van der Waals surface area contributed by atoms with Crippen molar-refractivity contribution in [3.05, 3.63) is 28.2 Å². The van der Waals surface area contributed by atoms with Gasteiger partial charge in [0.1, 0.15) is 0 Å². The van der Waals surface area contributed by atoms with E-state index in [1.165, 1.54) is 12.1 Å². The molecule has 0 aromatic heterocycles. The first-order chi connectivity index (χ1) is 8.88. The molecule has 1 aliphatic rings. The van der Waals surface area contributed by atoms with Crippen LogP contribution in [-0.4, -0.2) is 17.0 Å². The highest BCUT2D eigenvalue weighted by Gasteiger charge is 2.31. The van der Waals surface area contributed by atoms with Crippen LogP contribution in [0.3, 0.4) is 0 Å². The van der Waals surface area contributed by atoms with E-state index in [2.05, 4.69) is 28.2 Å². The number of benzene rings is 1. The zero-order valence-electron chi connectivity index (χ0n) is 10.4. The molecular formula is C13H15BrF3NS. The van der Waals surface area contributed by atoms with Gasteiger partial charge in [0, 0.05) is 21.5 Å². The first kappa shape index (κ1) is 15.0. The number of anilines is 1. The van der Waals surface area contributed by atoms with Gasteiger partial charge in [-0.25, -0.2) is 0 Å². The van der Waals surface area contributed by atoms with Crippen LogP contribution in [0.4, 0.5) is 18.9 Å². The molecule has 1 aromatic rings. The van der Waals surface area contributed by atoms with E-state index < -0.39 is 11.7 Å². The molecule has 6 heteroatoms. The summed E-state index contributed by atoms with van der Waals surface area (Å²) in [4.78, 5) is 0. The lowest BCUT2D eigenvalue weighted by molar-refractivity contribution is -0.137. The van der Waals surface area contributed by atoms with Gasteiger partial charge >= 0.3 is 6.18 Å². The second kappa shape index (κ2) is 5.95. The third kappa shape index (κ3) is 3.81. The molecule has 0 aliphatic carbocycles. The maximum atomic E-state index is 12.7. The molecule has 0 bridgehead atoms. The summed E-state index contributed by atoms with van der Waals surface area (Å²) in [7, 11) is 0. The molecule has 1 N–H and O–H groups in total. The van der Waals surface area contributed by atoms with Crippen molar-refractivity contribution in [3.8, 4) is 0 Å². The van der Waals surface area contributed by atoms with Gasteiger partial charge in [0.05, 0.1) is 5.56 Å². The van der Waals surface area contributed by atoms with Crippen molar-refractivity contribution in [2.45, 2.75) is 37.2 Å². The summed E-state index contributed by atoms with van der Waals surface area (Å²) >= 11 is 5.17. The van der Waals surface area contributed by atoms with E-state index in [4.69, 9.17) is 0 Å². The van der Waals surface area contributed by atoms with Gasteiger partial charge in [0.2, 0.25) is 0 Å². The van der Waals surface area contributed by atoms with E-state index in [-0.39, 0.29) is 6.04 Å². The highest BCUT2D eigenvalue weighted by atomic mass is 79.9. The minimum atomic E-state index is -4.30. The minimum Gasteiger partial charge on any atom is -0.380 e. The van der Waals surface area contributed by atoms with Crippen LogP contribution in [0.15, 0.2) is 22.7 Å². The molecule has 1 aliphatic heterocycles.